The predicted octanol–water partition coefficient (Wildman–Crippen LogP) is 2.05. The van der Waals surface area contributed by atoms with Gasteiger partial charge < -0.3 is 15.6 Å². The molecule has 1 heterocycles. The number of rotatable bonds is 6. The highest BCUT2D eigenvalue weighted by Crippen LogP contribution is 2.22. The predicted molar refractivity (Wildman–Crippen MR) is 87.6 cm³/mol. The Morgan fingerprint density at radius 1 is 1.18 bits per heavy atom. The molecule has 0 bridgehead atoms. The third kappa shape index (κ3) is 4.10. The maximum Gasteiger partial charge on any atom is 0.224 e. The average molecular weight is 301 g/mol. The zero-order valence-electron chi connectivity index (χ0n) is 13.3. The van der Waals surface area contributed by atoms with Crippen LogP contribution in [0.15, 0.2) is 24.3 Å². The minimum absolute atomic E-state index is 0.0430. The van der Waals surface area contributed by atoms with E-state index in [2.05, 4.69) is 15.6 Å². The van der Waals surface area contributed by atoms with Gasteiger partial charge in [0.25, 0.3) is 0 Å². The maximum atomic E-state index is 12.1. The molecule has 2 aromatic rings. The quantitative estimate of drug-likeness (QED) is 0.764. The first-order valence-electron chi connectivity index (χ1n) is 7.59. The summed E-state index contributed by atoms with van der Waals surface area (Å²) in [6.07, 6.45) is 0.623. The summed E-state index contributed by atoms with van der Waals surface area (Å²) in [4.78, 5) is 26.9. The Bertz CT molecular complexity index is 674. The second-order valence-corrected chi connectivity index (χ2v) is 5.77. The summed E-state index contributed by atoms with van der Waals surface area (Å²) in [5, 5.41) is 6.68. The number of carbonyl (C=O) groups excluding carboxylic acids is 2. The first-order valence-corrected chi connectivity index (χ1v) is 7.59. The largest absolute Gasteiger partial charge is 0.358 e. The third-order valence-corrected chi connectivity index (χ3v) is 3.49. The fraction of sp³-hybridized carbons (Fsp3) is 0.412. The first-order chi connectivity index (χ1) is 10.5. The molecule has 0 aliphatic carbocycles. The summed E-state index contributed by atoms with van der Waals surface area (Å²) in [7, 11) is 0. The van der Waals surface area contributed by atoms with Gasteiger partial charge in [0.2, 0.25) is 11.8 Å². The Hall–Kier alpha value is -2.30. The number of hydrogen-bond donors (Lipinski definition) is 3. The maximum absolute atomic E-state index is 12.1. The van der Waals surface area contributed by atoms with Crippen LogP contribution in [0.25, 0.3) is 10.9 Å². The van der Waals surface area contributed by atoms with Crippen molar-refractivity contribution in [2.45, 2.75) is 39.7 Å². The van der Waals surface area contributed by atoms with E-state index in [0.29, 0.717) is 19.4 Å². The van der Waals surface area contributed by atoms with Gasteiger partial charge in [-0.3, -0.25) is 9.59 Å². The second-order valence-electron chi connectivity index (χ2n) is 5.77. The van der Waals surface area contributed by atoms with Crippen molar-refractivity contribution < 1.29 is 9.59 Å². The highest BCUT2D eigenvalue weighted by atomic mass is 16.2. The van der Waals surface area contributed by atoms with Crippen molar-refractivity contribution in [3.8, 4) is 0 Å². The molecular weight excluding hydrogens is 278 g/mol. The molecule has 0 fully saturated rings. The summed E-state index contributed by atoms with van der Waals surface area (Å²) in [5.41, 5.74) is 3.06. The lowest BCUT2D eigenvalue weighted by atomic mass is 10.1. The number of benzene rings is 1. The number of hydrogen-bond acceptors (Lipinski definition) is 2. The van der Waals surface area contributed by atoms with Crippen LogP contribution in [0.5, 0.6) is 0 Å². The van der Waals surface area contributed by atoms with Crippen molar-refractivity contribution in [1.82, 2.24) is 15.6 Å². The van der Waals surface area contributed by atoms with Gasteiger partial charge >= 0.3 is 0 Å². The van der Waals surface area contributed by atoms with E-state index < -0.39 is 0 Å². The topological polar surface area (TPSA) is 74.0 Å². The van der Waals surface area contributed by atoms with Crippen molar-refractivity contribution in [3.63, 3.8) is 0 Å². The van der Waals surface area contributed by atoms with Gasteiger partial charge in [-0.25, -0.2) is 0 Å². The Morgan fingerprint density at radius 2 is 1.91 bits per heavy atom. The molecule has 22 heavy (non-hydrogen) atoms. The van der Waals surface area contributed by atoms with Gasteiger partial charge in [-0.05, 0) is 32.4 Å². The van der Waals surface area contributed by atoms with Crippen LogP contribution in [0.2, 0.25) is 0 Å². The average Bonchev–Trinajstić information content (AvgIpc) is 2.74. The molecule has 1 aromatic heterocycles. The van der Waals surface area contributed by atoms with E-state index in [1.165, 1.54) is 0 Å². The highest BCUT2D eigenvalue weighted by Gasteiger charge is 2.12. The summed E-state index contributed by atoms with van der Waals surface area (Å²) in [6.45, 7) is 6.16. The van der Waals surface area contributed by atoms with Crippen molar-refractivity contribution in [2.24, 2.45) is 0 Å². The Kier molecular flexibility index (Phi) is 5.20. The van der Waals surface area contributed by atoms with Crippen molar-refractivity contribution in [2.75, 3.05) is 6.54 Å². The summed E-state index contributed by atoms with van der Waals surface area (Å²) in [5.74, 6) is -0.108. The normalized spacial score (nSPS) is 10.9. The smallest absolute Gasteiger partial charge is 0.224 e. The Labute approximate surface area is 130 Å². The Balaban J connectivity index is 1.89. The summed E-state index contributed by atoms with van der Waals surface area (Å²) in [6, 6.07) is 8.07. The van der Waals surface area contributed by atoms with Gasteiger partial charge in [0.1, 0.15) is 0 Å². The standard InChI is InChI=1S/C17H23N3O2/c1-11(2)19-16(21)8-9-18-17(22)10-14-12(3)20-15-7-5-4-6-13(14)15/h4-7,11,20H,8-10H2,1-3H3,(H,18,22)(H,19,21). The summed E-state index contributed by atoms with van der Waals surface area (Å²) < 4.78 is 0. The molecule has 0 unspecified atom stereocenters. The minimum Gasteiger partial charge on any atom is -0.358 e. The number of aryl methyl sites for hydroxylation is 1. The molecule has 0 aliphatic rings. The van der Waals surface area contributed by atoms with E-state index in [1.807, 2.05) is 45.0 Å². The molecule has 0 saturated carbocycles. The van der Waals surface area contributed by atoms with Crippen LogP contribution in [0.1, 0.15) is 31.5 Å². The van der Waals surface area contributed by atoms with Crippen molar-refractivity contribution >= 4 is 22.7 Å². The minimum atomic E-state index is -0.0646. The molecule has 5 nitrogen and oxygen atoms in total. The number of fused-ring (bicyclic) bond motifs is 1. The SMILES string of the molecule is Cc1[nH]c2ccccc2c1CC(=O)NCCC(=O)NC(C)C. The molecule has 0 spiro atoms. The van der Waals surface area contributed by atoms with E-state index in [4.69, 9.17) is 0 Å². The molecule has 2 amide bonds. The molecule has 2 rings (SSSR count). The van der Waals surface area contributed by atoms with E-state index in [9.17, 15) is 9.59 Å². The molecule has 0 radical (unpaired) electrons. The van der Waals surface area contributed by atoms with E-state index in [-0.39, 0.29) is 17.9 Å². The molecule has 0 atom stereocenters. The van der Waals surface area contributed by atoms with Crippen LogP contribution in [0, 0.1) is 6.92 Å². The second kappa shape index (κ2) is 7.11. The number of aromatic nitrogens is 1. The van der Waals surface area contributed by atoms with Gasteiger partial charge in [0.15, 0.2) is 0 Å². The zero-order chi connectivity index (χ0) is 16.1. The van der Waals surface area contributed by atoms with Crippen LogP contribution in [-0.4, -0.2) is 29.4 Å². The lowest BCUT2D eigenvalue weighted by Crippen LogP contribution is -2.34. The monoisotopic (exact) mass is 301 g/mol. The van der Waals surface area contributed by atoms with Crippen LogP contribution >= 0.6 is 0 Å². The molecule has 0 saturated heterocycles. The van der Waals surface area contributed by atoms with Gasteiger partial charge in [-0.15, -0.1) is 0 Å². The van der Waals surface area contributed by atoms with Crippen molar-refractivity contribution in [1.29, 1.82) is 0 Å². The number of carbonyl (C=O) groups is 2. The number of amides is 2. The van der Waals surface area contributed by atoms with E-state index in [0.717, 1.165) is 22.2 Å². The van der Waals surface area contributed by atoms with Gasteiger partial charge in [0.05, 0.1) is 6.42 Å². The molecule has 3 N–H and O–H groups in total. The molecule has 118 valence electrons. The molecule has 5 heteroatoms. The van der Waals surface area contributed by atoms with Crippen LogP contribution in [0.3, 0.4) is 0 Å². The zero-order valence-corrected chi connectivity index (χ0v) is 13.3. The number of aromatic amines is 1. The van der Waals surface area contributed by atoms with Crippen LogP contribution in [-0.2, 0) is 16.0 Å². The lowest BCUT2D eigenvalue weighted by molar-refractivity contribution is -0.122. The van der Waals surface area contributed by atoms with Gasteiger partial charge in [-0.2, -0.15) is 0 Å². The first kappa shape index (κ1) is 16.1. The van der Waals surface area contributed by atoms with E-state index in [1.54, 1.807) is 0 Å². The molecular formula is C17H23N3O2. The number of H-pyrrole nitrogens is 1. The van der Waals surface area contributed by atoms with Crippen molar-refractivity contribution in [3.05, 3.63) is 35.5 Å². The van der Waals surface area contributed by atoms with Gasteiger partial charge in [0, 0.05) is 35.6 Å². The molecule has 0 aliphatic heterocycles. The van der Waals surface area contributed by atoms with E-state index >= 15 is 0 Å². The number of nitrogens with one attached hydrogen (secondary N) is 3. The van der Waals surface area contributed by atoms with Crippen LogP contribution in [0.4, 0.5) is 0 Å². The summed E-state index contributed by atoms with van der Waals surface area (Å²) >= 11 is 0. The molecule has 1 aromatic carbocycles. The Morgan fingerprint density at radius 3 is 2.64 bits per heavy atom. The fourth-order valence-electron chi connectivity index (χ4n) is 2.50. The number of para-hydroxylation sites is 1. The third-order valence-electron chi connectivity index (χ3n) is 3.49. The highest BCUT2D eigenvalue weighted by molar-refractivity contribution is 5.90. The lowest BCUT2D eigenvalue weighted by Gasteiger charge is -2.09. The fourth-order valence-corrected chi connectivity index (χ4v) is 2.50. The van der Waals surface area contributed by atoms with Crippen LogP contribution < -0.4 is 10.6 Å². The van der Waals surface area contributed by atoms with Gasteiger partial charge in [-0.1, -0.05) is 18.2 Å².